The molecule has 0 bridgehead atoms. The van der Waals surface area contributed by atoms with Crippen LogP contribution in [-0.2, 0) is 16.1 Å². The minimum atomic E-state index is -0.462. The molecule has 0 radical (unpaired) electrons. The van der Waals surface area contributed by atoms with Gasteiger partial charge in [0.05, 0.1) is 10.3 Å². The Bertz CT molecular complexity index is 1760. The number of carbonyl (C=O) groups is 2. The highest BCUT2D eigenvalue weighted by Gasteiger charge is 2.29. The van der Waals surface area contributed by atoms with E-state index in [1.165, 1.54) is 5.56 Å². The third-order valence-electron chi connectivity index (χ3n) is 6.78. The number of thiophene rings is 2. The van der Waals surface area contributed by atoms with Crippen LogP contribution in [-0.4, -0.2) is 34.9 Å². The topological polar surface area (TPSA) is 105 Å². The van der Waals surface area contributed by atoms with E-state index in [0.717, 1.165) is 49.9 Å². The standard InChI is InChI=1S/C31H27N5O3S2/c1-18-24-28(33-25-19(2)29(37)36-30(25)38)34-27(23-9-6-16-40-23)35-31(24)41-26(18)21-10-12-22(13-11-21)39-15-14-32-17-20-7-4-3-5-8-20/h3-13,16,32H,14-15,17H2,1-2H3,(H2,33,34,35,36,37,38). The summed E-state index contributed by atoms with van der Waals surface area (Å²) in [7, 11) is 0. The molecule has 2 aromatic carbocycles. The highest BCUT2D eigenvalue weighted by atomic mass is 32.1. The zero-order chi connectivity index (χ0) is 28.3. The maximum absolute atomic E-state index is 12.5. The summed E-state index contributed by atoms with van der Waals surface area (Å²) >= 11 is 3.11. The number of nitrogens with zero attached hydrogens (tertiary/aromatic N) is 2. The Hall–Kier alpha value is -4.38. The van der Waals surface area contributed by atoms with Gasteiger partial charge in [-0.25, -0.2) is 9.97 Å². The second-order valence-electron chi connectivity index (χ2n) is 9.55. The van der Waals surface area contributed by atoms with Crippen molar-refractivity contribution in [1.29, 1.82) is 0 Å². The molecule has 2 amide bonds. The van der Waals surface area contributed by atoms with Gasteiger partial charge in [-0.05, 0) is 66.2 Å². The van der Waals surface area contributed by atoms with Gasteiger partial charge in [0, 0.05) is 23.5 Å². The van der Waals surface area contributed by atoms with E-state index in [1.807, 2.05) is 66.9 Å². The van der Waals surface area contributed by atoms with Gasteiger partial charge in [-0.1, -0.05) is 36.4 Å². The van der Waals surface area contributed by atoms with Crippen molar-refractivity contribution >= 4 is 50.5 Å². The van der Waals surface area contributed by atoms with Crippen molar-refractivity contribution in [2.75, 3.05) is 18.5 Å². The number of anilines is 1. The maximum Gasteiger partial charge on any atom is 0.275 e. The predicted octanol–water partition coefficient (Wildman–Crippen LogP) is 5.91. The minimum absolute atomic E-state index is 0.207. The molecule has 0 saturated carbocycles. The Morgan fingerprint density at radius 1 is 0.927 bits per heavy atom. The molecular weight excluding hydrogens is 555 g/mol. The highest BCUT2D eigenvalue weighted by molar-refractivity contribution is 7.22. The van der Waals surface area contributed by atoms with E-state index in [2.05, 4.69) is 28.1 Å². The Kier molecular flexibility index (Phi) is 7.60. The van der Waals surface area contributed by atoms with Crippen LogP contribution in [0.1, 0.15) is 18.1 Å². The lowest BCUT2D eigenvalue weighted by Gasteiger charge is -2.10. The van der Waals surface area contributed by atoms with Crippen LogP contribution in [0.25, 0.3) is 31.4 Å². The maximum atomic E-state index is 12.5. The van der Waals surface area contributed by atoms with Crippen LogP contribution in [0.5, 0.6) is 5.75 Å². The summed E-state index contributed by atoms with van der Waals surface area (Å²) in [6, 6.07) is 22.2. The van der Waals surface area contributed by atoms with Crippen LogP contribution in [0, 0.1) is 6.92 Å². The van der Waals surface area contributed by atoms with Crippen LogP contribution in [0.4, 0.5) is 5.82 Å². The summed E-state index contributed by atoms with van der Waals surface area (Å²) < 4.78 is 5.94. The number of fused-ring (bicyclic) bond motifs is 1. The fraction of sp³-hybridized carbons (Fsp3) is 0.161. The van der Waals surface area contributed by atoms with E-state index in [1.54, 1.807) is 29.6 Å². The lowest BCUT2D eigenvalue weighted by Crippen LogP contribution is -2.24. The Balaban J connectivity index is 1.24. The van der Waals surface area contributed by atoms with Gasteiger partial charge in [0.2, 0.25) is 0 Å². The second kappa shape index (κ2) is 11.6. The molecule has 5 aromatic rings. The molecule has 6 rings (SSSR count). The zero-order valence-electron chi connectivity index (χ0n) is 22.5. The molecule has 0 unspecified atom stereocenters. The van der Waals surface area contributed by atoms with Gasteiger partial charge in [0.25, 0.3) is 11.8 Å². The first-order valence-electron chi connectivity index (χ1n) is 13.1. The third kappa shape index (κ3) is 5.62. The van der Waals surface area contributed by atoms with E-state index in [4.69, 9.17) is 14.7 Å². The van der Waals surface area contributed by atoms with Gasteiger partial charge < -0.3 is 15.4 Å². The summed E-state index contributed by atoms with van der Waals surface area (Å²) in [5, 5.41) is 11.7. The molecule has 3 N–H and O–H groups in total. The molecule has 3 aromatic heterocycles. The van der Waals surface area contributed by atoms with E-state index < -0.39 is 11.8 Å². The predicted molar refractivity (Wildman–Crippen MR) is 164 cm³/mol. The molecule has 0 fully saturated rings. The van der Waals surface area contributed by atoms with Gasteiger partial charge in [0.15, 0.2) is 5.82 Å². The summed E-state index contributed by atoms with van der Waals surface area (Å²) in [5.74, 6) is 1.00. The van der Waals surface area contributed by atoms with Crippen molar-refractivity contribution < 1.29 is 14.3 Å². The van der Waals surface area contributed by atoms with E-state index in [9.17, 15) is 9.59 Å². The van der Waals surface area contributed by atoms with Crippen molar-refractivity contribution in [2.45, 2.75) is 20.4 Å². The molecular formula is C31H27N5O3S2. The molecule has 8 nitrogen and oxygen atoms in total. The van der Waals surface area contributed by atoms with Gasteiger partial charge in [-0.3, -0.25) is 14.9 Å². The van der Waals surface area contributed by atoms with Crippen molar-refractivity contribution in [2.24, 2.45) is 0 Å². The molecule has 206 valence electrons. The Morgan fingerprint density at radius 2 is 1.73 bits per heavy atom. The quantitative estimate of drug-likeness (QED) is 0.139. The number of benzene rings is 2. The summed E-state index contributed by atoms with van der Waals surface area (Å²) in [5.41, 5.74) is 3.81. The fourth-order valence-electron chi connectivity index (χ4n) is 4.60. The van der Waals surface area contributed by atoms with E-state index in [-0.39, 0.29) is 5.70 Å². The number of aromatic nitrogens is 2. The first kappa shape index (κ1) is 26.8. The zero-order valence-corrected chi connectivity index (χ0v) is 24.1. The molecule has 0 atom stereocenters. The molecule has 41 heavy (non-hydrogen) atoms. The molecule has 10 heteroatoms. The molecule has 0 saturated heterocycles. The van der Waals surface area contributed by atoms with Crippen LogP contribution in [0.2, 0.25) is 0 Å². The van der Waals surface area contributed by atoms with E-state index >= 15 is 0 Å². The average molecular weight is 582 g/mol. The molecule has 4 heterocycles. The Labute approximate surface area is 245 Å². The monoisotopic (exact) mass is 581 g/mol. The summed E-state index contributed by atoms with van der Waals surface area (Å²) in [6.45, 7) is 5.76. The van der Waals surface area contributed by atoms with Crippen LogP contribution in [0.15, 0.2) is 83.4 Å². The van der Waals surface area contributed by atoms with Gasteiger partial charge in [0.1, 0.15) is 28.7 Å². The number of carbonyl (C=O) groups excluding carboxylic acids is 2. The largest absolute Gasteiger partial charge is 0.492 e. The SMILES string of the molecule is CC1=C(Nc2nc(-c3cccs3)nc3sc(-c4ccc(OCCNCc5ccccc5)cc4)c(C)c23)C(=O)NC1=O. The minimum Gasteiger partial charge on any atom is -0.492 e. The number of amides is 2. The molecule has 1 aliphatic heterocycles. The Morgan fingerprint density at radius 3 is 2.44 bits per heavy atom. The molecule has 0 aliphatic carbocycles. The van der Waals surface area contributed by atoms with Crippen molar-refractivity contribution in [3.8, 4) is 26.9 Å². The normalized spacial score (nSPS) is 13.2. The van der Waals surface area contributed by atoms with Crippen LogP contribution < -0.4 is 20.7 Å². The first-order chi connectivity index (χ1) is 20.0. The first-order valence-corrected chi connectivity index (χ1v) is 14.8. The molecule has 0 spiro atoms. The summed E-state index contributed by atoms with van der Waals surface area (Å²) in [4.78, 5) is 37.0. The number of hydrogen-bond donors (Lipinski definition) is 3. The summed E-state index contributed by atoms with van der Waals surface area (Å²) in [6.07, 6.45) is 0. The van der Waals surface area contributed by atoms with Crippen LogP contribution in [0.3, 0.4) is 0 Å². The van der Waals surface area contributed by atoms with Gasteiger partial charge >= 0.3 is 0 Å². The number of nitrogens with one attached hydrogen (secondary N) is 3. The van der Waals surface area contributed by atoms with Crippen molar-refractivity contribution in [3.63, 3.8) is 0 Å². The number of ether oxygens (including phenoxy) is 1. The van der Waals surface area contributed by atoms with Crippen molar-refractivity contribution in [1.82, 2.24) is 20.6 Å². The smallest absolute Gasteiger partial charge is 0.275 e. The average Bonchev–Trinajstić information content (AvgIpc) is 3.70. The van der Waals surface area contributed by atoms with Crippen LogP contribution >= 0.6 is 22.7 Å². The lowest BCUT2D eigenvalue weighted by molar-refractivity contribution is -0.124. The lowest BCUT2D eigenvalue weighted by atomic mass is 10.1. The number of imide groups is 1. The molecule has 1 aliphatic rings. The van der Waals surface area contributed by atoms with Gasteiger partial charge in [-0.2, -0.15) is 0 Å². The van der Waals surface area contributed by atoms with E-state index in [0.29, 0.717) is 23.8 Å². The number of rotatable bonds is 10. The number of aryl methyl sites for hydroxylation is 1. The third-order valence-corrected chi connectivity index (χ3v) is 8.88. The fourth-order valence-corrected chi connectivity index (χ4v) is 6.45. The number of hydrogen-bond acceptors (Lipinski definition) is 9. The second-order valence-corrected chi connectivity index (χ2v) is 11.5. The van der Waals surface area contributed by atoms with Gasteiger partial charge in [-0.15, -0.1) is 22.7 Å². The van der Waals surface area contributed by atoms with Crippen molar-refractivity contribution in [3.05, 3.63) is 94.5 Å². The highest BCUT2D eigenvalue weighted by Crippen LogP contribution is 2.42.